The molecule has 2 aromatic heterocycles. The smallest absolute Gasteiger partial charge is 0.230 e. The van der Waals surface area contributed by atoms with Gasteiger partial charge < -0.3 is 10.3 Å². The number of aromatic nitrogens is 3. The number of hydrogen-bond donors (Lipinski definition) is 2. The van der Waals surface area contributed by atoms with Crippen molar-refractivity contribution in [1.82, 2.24) is 14.8 Å². The SMILES string of the molecule is O=C(Cc1c[nH]c2ccccc12)Nc1ccnn1Cc1ccccc1Cl. The average Bonchev–Trinajstić information content (AvgIpc) is 3.24. The van der Waals surface area contributed by atoms with E-state index in [1.165, 1.54) is 0 Å². The molecule has 4 rings (SSSR count). The molecule has 2 aromatic carbocycles. The van der Waals surface area contributed by atoms with Crippen molar-refractivity contribution in [1.29, 1.82) is 0 Å². The highest BCUT2D eigenvalue weighted by atomic mass is 35.5. The van der Waals surface area contributed by atoms with Gasteiger partial charge in [-0.1, -0.05) is 48.0 Å². The number of halogens is 1. The molecule has 0 saturated carbocycles. The summed E-state index contributed by atoms with van der Waals surface area (Å²) in [7, 11) is 0. The van der Waals surface area contributed by atoms with E-state index in [0.717, 1.165) is 22.0 Å². The molecule has 0 bridgehead atoms. The zero-order chi connectivity index (χ0) is 17.9. The zero-order valence-electron chi connectivity index (χ0n) is 13.9. The Labute approximate surface area is 155 Å². The van der Waals surface area contributed by atoms with Crippen molar-refractivity contribution in [3.05, 3.63) is 83.1 Å². The molecule has 2 heterocycles. The molecule has 6 heteroatoms. The lowest BCUT2D eigenvalue weighted by molar-refractivity contribution is -0.115. The molecule has 4 aromatic rings. The van der Waals surface area contributed by atoms with Crippen molar-refractivity contribution >= 4 is 34.2 Å². The van der Waals surface area contributed by atoms with Crippen molar-refractivity contribution in [3.8, 4) is 0 Å². The van der Waals surface area contributed by atoms with Crippen LogP contribution in [0, 0.1) is 0 Å². The van der Waals surface area contributed by atoms with E-state index in [9.17, 15) is 4.79 Å². The quantitative estimate of drug-likeness (QED) is 0.556. The lowest BCUT2D eigenvalue weighted by Gasteiger charge is -2.10. The van der Waals surface area contributed by atoms with Crippen molar-refractivity contribution in [2.45, 2.75) is 13.0 Å². The van der Waals surface area contributed by atoms with Crippen LogP contribution < -0.4 is 5.32 Å². The largest absolute Gasteiger partial charge is 0.361 e. The Morgan fingerprint density at radius 2 is 1.88 bits per heavy atom. The summed E-state index contributed by atoms with van der Waals surface area (Å²) >= 11 is 6.22. The Bertz CT molecular complexity index is 1070. The molecule has 0 fully saturated rings. The number of hydrogen-bond acceptors (Lipinski definition) is 2. The fraction of sp³-hybridized carbons (Fsp3) is 0.100. The van der Waals surface area contributed by atoms with Crippen molar-refractivity contribution < 1.29 is 4.79 Å². The van der Waals surface area contributed by atoms with Crippen LogP contribution in [0.1, 0.15) is 11.1 Å². The van der Waals surface area contributed by atoms with Gasteiger partial charge in [-0.2, -0.15) is 5.10 Å². The summed E-state index contributed by atoms with van der Waals surface area (Å²) < 4.78 is 1.73. The molecule has 0 radical (unpaired) electrons. The molecule has 0 saturated heterocycles. The molecule has 0 aliphatic heterocycles. The van der Waals surface area contributed by atoms with Gasteiger partial charge in [-0.15, -0.1) is 0 Å². The minimum Gasteiger partial charge on any atom is -0.361 e. The van der Waals surface area contributed by atoms with Crippen molar-refractivity contribution in [2.24, 2.45) is 0 Å². The molecule has 0 spiro atoms. The normalized spacial score (nSPS) is 11.0. The molecule has 0 aliphatic rings. The Kier molecular flexibility index (Phi) is 4.46. The lowest BCUT2D eigenvalue weighted by atomic mass is 10.1. The summed E-state index contributed by atoms with van der Waals surface area (Å²) in [6.07, 6.45) is 3.84. The second kappa shape index (κ2) is 7.06. The van der Waals surface area contributed by atoms with Gasteiger partial charge in [0.05, 0.1) is 19.2 Å². The fourth-order valence-electron chi connectivity index (χ4n) is 2.99. The minimum absolute atomic E-state index is 0.0874. The number of aromatic amines is 1. The molecule has 2 N–H and O–H groups in total. The highest BCUT2D eigenvalue weighted by Crippen LogP contribution is 2.20. The lowest BCUT2D eigenvalue weighted by Crippen LogP contribution is -2.18. The Morgan fingerprint density at radius 1 is 1.08 bits per heavy atom. The number of para-hydroxylation sites is 1. The van der Waals surface area contributed by atoms with Crippen LogP contribution in [0.4, 0.5) is 5.82 Å². The number of H-pyrrole nitrogens is 1. The number of carbonyl (C=O) groups excluding carboxylic acids is 1. The number of fused-ring (bicyclic) bond motifs is 1. The van der Waals surface area contributed by atoms with E-state index in [1.54, 1.807) is 16.9 Å². The van der Waals surface area contributed by atoms with Crippen molar-refractivity contribution in [2.75, 3.05) is 5.32 Å². The van der Waals surface area contributed by atoms with E-state index in [-0.39, 0.29) is 5.91 Å². The number of nitrogens with one attached hydrogen (secondary N) is 2. The van der Waals surface area contributed by atoms with Crippen LogP contribution in [0.3, 0.4) is 0 Å². The molecule has 5 nitrogen and oxygen atoms in total. The zero-order valence-corrected chi connectivity index (χ0v) is 14.7. The first-order valence-electron chi connectivity index (χ1n) is 8.31. The Balaban J connectivity index is 1.49. The number of nitrogens with zero attached hydrogens (tertiary/aromatic N) is 2. The number of rotatable bonds is 5. The second-order valence-electron chi connectivity index (χ2n) is 6.05. The minimum atomic E-state index is -0.0874. The molecular weight excluding hydrogens is 348 g/mol. The topological polar surface area (TPSA) is 62.7 Å². The van der Waals surface area contributed by atoms with Crippen LogP contribution in [0.25, 0.3) is 10.9 Å². The van der Waals surface area contributed by atoms with Gasteiger partial charge in [0.25, 0.3) is 0 Å². The van der Waals surface area contributed by atoms with Crippen LogP contribution in [0.15, 0.2) is 67.0 Å². The van der Waals surface area contributed by atoms with E-state index in [4.69, 9.17) is 11.6 Å². The van der Waals surface area contributed by atoms with Crippen LogP contribution in [-0.2, 0) is 17.8 Å². The molecule has 0 aliphatic carbocycles. The number of amides is 1. The van der Waals surface area contributed by atoms with E-state index in [2.05, 4.69) is 15.4 Å². The van der Waals surface area contributed by atoms with Crippen LogP contribution >= 0.6 is 11.6 Å². The first-order chi connectivity index (χ1) is 12.7. The molecule has 130 valence electrons. The van der Waals surface area contributed by atoms with Gasteiger partial charge in [-0.25, -0.2) is 4.68 Å². The molecule has 26 heavy (non-hydrogen) atoms. The molecular formula is C20H17ClN4O. The van der Waals surface area contributed by atoms with E-state index in [1.807, 2.05) is 54.7 Å². The highest BCUT2D eigenvalue weighted by molar-refractivity contribution is 6.31. The maximum atomic E-state index is 12.5. The third kappa shape index (κ3) is 3.34. The third-order valence-electron chi connectivity index (χ3n) is 4.29. The van der Waals surface area contributed by atoms with Gasteiger partial charge in [-0.3, -0.25) is 4.79 Å². The first kappa shape index (κ1) is 16.4. The van der Waals surface area contributed by atoms with Gasteiger partial charge in [0.15, 0.2) is 0 Å². The predicted octanol–water partition coefficient (Wildman–Crippen LogP) is 4.25. The second-order valence-corrected chi connectivity index (χ2v) is 6.46. The van der Waals surface area contributed by atoms with Crippen LogP contribution in [0.5, 0.6) is 0 Å². The number of anilines is 1. The van der Waals surface area contributed by atoms with Gasteiger partial charge >= 0.3 is 0 Å². The number of carbonyl (C=O) groups is 1. The maximum Gasteiger partial charge on any atom is 0.230 e. The van der Waals surface area contributed by atoms with Gasteiger partial charge in [-0.05, 0) is 23.3 Å². The van der Waals surface area contributed by atoms with Crippen LogP contribution in [0.2, 0.25) is 5.02 Å². The molecule has 1 amide bonds. The maximum absolute atomic E-state index is 12.5. The van der Waals surface area contributed by atoms with Crippen LogP contribution in [-0.4, -0.2) is 20.7 Å². The summed E-state index contributed by atoms with van der Waals surface area (Å²) in [5.41, 5.74) is 2.94. The molecule has 0 unspecified atom stereocenters. The number of benzene rings is 2. The summed E-state index contributed by atoms with van der Waals surface area (Å²) in [5, 5.41) is 8.97. The van der Waals surface area contributed by atoms with E-state index in [0.29, 0.717) is 23.8 Å². The summed E-state index contributed by atoms with van der Waals surface area (Å²) in [5.74, 6) is 0.561. The Hall–Kier alpha value is -3.05. The third-order valence-corrected chi connectivity index (χ3v) is 4.66. The monoisotopic (exact) mass is 364 g/mol. The highest BCUT2D eigenvalue weighted by Gasteiger charge is 2.12. The van der Waals surface area contributed by atoms with Gasteiger partial charge in [0, 0.05) is 28.2 Å². The summed E-state index contributed by atoms with van der Waals surface area (Å²) in [4.78, 5) is 15.7. The van der Waals surface area contributed by atoms with Gasteiger partial charge in [0.2, 0.25) is 5.91 Å². The summed E-state index contributed by atoms with van der Waals surface area (Å²) in [6, 6.07) is 17.3. The van der Waals surface area contributed by atoms with Crippen molar-refractivity contribution in [3.63, 3.8) is 0 Å². The van der Waals surface area contributed by atoms with E-state index < -0.39 is 0 Å². The van der Waals surface area contributed by atoms with Gasteiger partial charge in [0.1, 0.15) is 5.82 Å². The standard InChI is InChI=1S/C20H17ClN4O/c21-17-7-3-1-5-14(17)13-25-19(9-10-23-25)24-20(26)11-15-12-22-18-8-4-2-6-16(15)18/h1-10,12,22H,11,13H2,(H,24,26). The first-order valence-corrected chi connectivity index (χ1v) is 8.68. The predicted molar refractivity (Wildman–Crippen MR) is 103 cm³/mol. The van der Waals surface area contributed by atoms with E-state index >= 15 is 0 Å². The molecule has 0 atom stereocenters. The average molecular weight is 365 g/mol. The fourth-order valence-corrected chi connectivity index (χ4v) is 3.19. The Morgan fingerprint density at radius 3 is 2.77 bits per heavy atom. The summed E-state index contributed by atoms with van der Waals surface area (Å²) in [6.45, 7) is 0.495.